The molecule has 1 aromatic heterocycles. The first-order valence-electron chi connectivity index (χ1n) is 9.72. The van der Waals surface area contributed by atoms with Crippen molar-refractivity contribution in [2.24, 2.45) is 5.92 Å². The van der Waals surface area contributed by atoms with Crippen molar-refractivity contribution in [2.45, 2.75) is 37.9 Å². The van der Waals surface area contributed by atoms with Gasteiger partial charge in [-0.05, 0) is 66.6 Å². The molecule has 0 bridgehead atoms. The molecule has 7 heteroatoms. The largest absolute Gasteiger partial charge is 0.345 e. The third-order valence-corrected chi connectivity index (χ3v) is 7.65. The van der Waals surface area contributed by atoms with Crippen LogP contribution in [0, 0.1) is 19.8 Å². The van der Waals surface area contributed by atoms with Gasteiger partial charge in [-0.2, -0.15) is 0 Å². The summed E-state index contributed by atoms with van der Waals surface area (Å²) in [7, 11) is -3.61. The quantitative estimate of drug-likeness (QED) is 0.522. The van der Waals surface area contributed by atoms with E-state index in [2.05, 4.69) is 49.0 Å². The summed E-state index contributed by atoms with van der Waals surface area (Å²) in [6.07, 6.45) is 0. The van der Waals surface area contributed by atoms with Crippen LogP contribution in [0.15, 0.2) is 64.2 Å². The molecular formula is C23H26N2O3S2. The molecule has 3 aromatic rings. The second kappa shape index (κ2) is 9.02. The van der Waals surface area contributed by atoms with Crippen molar-refractivity contribution in [3.63, 3.8) is 0 Å². The lowest BCUT2D eigenvalue weighted by atomic mass is 9.91. The summed E-state index contributed by atoms with van der Waals surface area (Å²) in [6, 6.07) is 15.8. The van der Waals surface area contributed by atoms with Crippen LogP contribution in [-0.2, 0) is 10.0 Å². The predicted octanol–water partition coefficient (Wildman–Crippen LogP) is 5.29. The van der Waals surface area contributed by atoms with E-state index < -0.39 is 10.0 Å². The summed E-state index contributed by atoms with van der Waals surface area (Å²) < 4.78 is 27.5. The maximum absolute atomic E-state index is 12.8. The van der Waals surface area contributed by atoms with Crippen molar-refractivity contribution in [2.75, 3.05) is 4.72 Å². The first-order chi connectivity index (χ1) is 14.2. The van der Waals surface area contributed by atoms with Crippen LogP contribution in [0.4, 0.5) is 5.69 Å². The van der Waals surface area contributed by atoms with Gasteiger partial charge in [0.15, 0.2) is 0 Å². The Morgan fingerprint density at radius 2 is 1.70 bits per heavy atom. The zero-order chi connectivity index (χ0) is 21.9. The summed E-state index contributed by atoms with van der Waals surface area (Å²) in [5.41, 5.74) is 4.32. The fourth-order valence-electron chi connectivity index (χ4n) is 3.31. The topological polar surface area (TPSA) is 75.3 Å². The molecule has 0 aliphatic carbocycles. The standard InChI is InChI=1S/C23H26N2O3S2/c1-15(2)22(20-12-7-16(3)14-17(20)4)24-23(26)18-8-10-19(11-9-18)25-30(27,28)21-6-5-13-29-21/h5-15,22,25H,1-4H3,(H,24,26). The lowest BCUT2D eigenvalue weighted by Gasteiger charge is -2.25. The number of carbonyl (C=O) groups excluding carboxylic acids is 1. The molecule has 0 fully saturated rings. The molecule has 1 atom stereocenters. The average molecular weight is 443 g/mol. The Bertz CT molecular complexity index is 1120. The van der Waals surface area contributed by atoms with E-state index >= 15 is 0 Å². The molecular weight excluding hydrogens is 416 g/mol. The number of benzene rings is 2. The number of amides is 1. The van der Waals surface area contributed by atoms with Gasteiger partial charge in [-0.15, -0.1) is 11.3 Å². The minimum absolute atomic E-state index is 0.116. The van der Waals surface area contributed by atoms with Gasteiger partial charge in [-0.25, -0.2) is 8.42 Å². The van der Waals surface area contributed by atoms with Gasteiger partial charge in [0.1, 0.15) is 4.21 Å². The van der Waals surface area contributed by atoms with E-state index in [9.17, 15) is 13.2 Å². The van der Waals surface area contributed by atoms with Crippen LogP contribution in [0.2, 0.25) is 0 Å². The molecule has 1 heterocycles. The number of aryl methyl sites for hydroxylation is 2. The summed E-state index contributed by atoms with van der Waals surface area (Å²) in [5, 5.41) is 4.83. The Hall–Kier alpha value is -2.64. The highest BCUT2D eigenvalue weighted by atomic mass is 32.2. The minimum Gasteiger partial charge on any atom is -0.345 e. The zero-order valence-electron chi connectivity index (χ0n) is 17.5. The number of rotatable bonds is 7. The molecule has 0 aliphatic heterocycles. The molecule has 0 spiro atoms. The van der Waals surface area contributed by atoms with Crippen LogP contribution >= 0.6 is 11.3 Å². The van der Waals surface area contributed by atoms with Gasteiger partial charge >= 0.3 is 0 Å². The summed E-state index contributed by atoms with van der Waals surface area (Å²) in [5.74, 6) is 0.0218. The van der Waals surface area contributed by atoms with Gasteiger partial charge < -0.3 is 5.32 Å². The Labute approximate surface area is 182 Å². The first kappa shape index (κ1) is 22.1. The zero-order valence-corrected chi connectivity index (χ0v) is 19.1. The smallest absolute Gasteiger partial charge is 0.271 e. The normalized spacial score (nSPS) is 12.6. The number of hydrogen-bond donors (Lipinski definition) is 2. The van der Waals surface area contributed by atoms with E-state index in [1.54, 1.807) is 41.8 Å². The van der Waals surface area contributed by atoms with Gasteiger partial charge in [0.2, 0.25) is 0 Å². The number of hydrogen-bond acceptors (Lipinski definition) is 4. The Morgan fingerprint density at radius 3 is 2.27 bits per heavy atom. The van der Waals surface area contributed by atoms with Gasteiger partial charge in [-0.3, -0.25) is 9.52 Å². The molecule has 0 saturated carbocycles. The van der Waals surface area contributed by atoms with E-state index in [-0.39, 0.29) is 22.1 Å². The molecule has 0 aliphatic rings. The van der Waals surface area contributed by atoms with Crippen LogP contribution in [-0.4, -0.2) is 14.3 Å². The maximum Gasteiger partial charge on any atom is 0.271 e. The lowest BCUT2D eigenvalue weighted by molar-refractivity contribution is 0.0925. The van der Waals surface area contributed by atoms with E-state index in [1.807, 2.05) is 6.92 Å². The Morgan fingerprint density at radius 1 is 1.00 bits per heavy atom. The summed E-state index contributed by atoms with van der Waals surface area (Å²) in [6.45, 7) is 8.26. The lowest BCUT2D eigenvalue weighted by Crippen LogP contribution is -2.32. The number of nitrogens with one attached hydrogen (secondary N) is 2. The van der Waals surface area contributed by atoms with Crippen molar-refractivity contribution < 1.29 is 13.2 Å². The highest BCUT2D eigenvalue weighted by Crippen LogP contribution is 2.26. The van der Waals surface area contributed by atoms with Gasteiger partial charge in [0.05, 0.1) is 6.04 Å². The SMILES string of the molecule is Cc1ccc(C(NC(=O)c2ccc(NS(=O)(=O)c3cccs3)cc2)C(C)C)c(C)c1. The van der Waals surface area contributed by atoms with Crippen molar-refractivity contribution in [1.82, 2.24) is 5.32 Å². The third-order valence-electron chi connectivity index (χ3n) is 4.87. The van der Waals surface area contributed by atoms with Crippen molar-refractivity contribution >= 4 is 33.0 Å². The molecule has 0 radical (unpaired) electrons. The molecule has 30 heavy (non-hydrogen) atoms. The second-order valence-electron chi connectivity index (χ2n) is 7.67. The molecule has 1 unspecified atom stereocenters. The summed E-state index contributed by atoms with van der Waals surface area (Å²) in [4.78, 5) is 12.8. The number of thiophene rings is 1. The predicted molar refractivity (Wildman–Crippen MR) is 123 cm³/mol. The van der Waals surface area contributed by atoms with Crippen LogP contribution < -0.4 is 10.0 Å². The van der Waals surface area contributed by atoms with Gasteiger partial charge in [-0.1, -0.05) is 43.7 Å². The molecule has 2 N–H and O–H groups in total. The van der Waals surface area contributed by atoms with E-state index in [0.29, 0.717) is 11.3 Å². The minimum atomic E-state index is -3.61. The molecule has 3 rings (SSSR count). The maximum atomic E-state index is 12.8. The number of anilines is 1. The molecule has 1 amide bonds. The average Bonchev–Trinajstić information content (AvgIpc) is 3.22. The van der Waals surface area contributed by atoms with E-state index in [4.69, 9.17) is 0 Å². The number of carbonyl (C=O) groups is 1. The van der Waals surface area contributed by atoms with Gasteiger partial charge in [0, 0.05) is 11.3 Å². The number of sulfonamides is 1. The van der Waals surface area contributed by atoms with Crippen LogP contribution in [0.1, 0.15) is 46.9 Å². The Balaban J connectivity index is 1.74. The fraction of sp³-hybridized carbons (Fsp3) is 0.261. The van der Waals surface area contributed by atoms with E-state index in [1.165, 1.54) is 5.56 Å². The molecule has 158 valence electrons. The van der Waals surface area contributed by atoms with Crippen LogP contribution in [0.5, 0.6) is 0 Å². The molecule has 2 aromatic carbocycles. The first-order valence-corrected chi connectivity index (χ1v) is 12.1. The third kappa shape index (κ3) is 5.09. The fourth-order valence-corrected chi connectivity index (χ4v) is 5.37. The van der Waals surface area contributed by atoms with Crippen molar-refractivity contribution in [1.29, 1.82) is 0 Å². The Kier molecular flexibility index (Phi) is 6.63. The van der Waals surface area contributed by atoms with E-state index in [0.717, 1.165) is 22.5 Å². The van der Waals surface area contributed by atoms with Crippen molar-refractivity contribution in [3.05, 3.63) is 82.2 Å². The van der Waals surface area contributed by atoms with Crippen LogP contribution in [0.25, 0.3) is 0 Å². The summed E-state index contributed by atoms with van der Waals surface area (Å²) >= 11 is 1.15. The van der Waals surface area contributed by atoms with Crippen molar-refractivity contribution in [3.8, 4) is 0 Å². The monoisotopic (exact) mass is 442 g/mol. The highest BCUT2D eigenvalue weighted by molar-refractivity contribution is 7.94. The second-order valence-corrected chi connectivity index (χ2v) is 10.5. The highest BCUT2D eigenvalue weighted by Gasteiger charge is 2.21. The molecule has 0 saturated heterocycles. The molecule has 5 nitrogen and oxygen atoms in total. The van der Waals surface area contributed by atoms with Gasteiger partial charge in [0.25, 0.3) is 15.9 Å². The van der Waals surface area contributed by atoms with Crippen LogP contribution in [0.3, 0.4) is 0 Å².